The van der Waals surface area contributed by atoms with E-state index in [1.165, 1.54) is 0 Å². The summed E-state index contributed by atoms with van der Waals surface area (Å²) >= 11 is 0. The molecule has 0 unspecified atom stereocenters. The number of likely N-dealkylation sites (tertiary alicyclic amines) is 1. The first-order valence-electron chi connectivity index (χ1n) is 8.05. The number of methoxy groups -OCH3 is 1. The lowest BCUT2D eigenvalue weighted by atomic mass is 10.2. The maximum Gasteiger partial charge on any atom is 0.141 e. The molecule has 0 amide bonds. The number of hydrogen-bond acceptors (Lipinski definition) is 5. The Morgan fingerprint density at radius 3 is 2.88 bits per heavy atom. The quantitative estimate of drug-likeness (QED) is 0.751. The van der Waals surface area contributed by atoms with E-state index in [0.29, 0.717) is 0 Å². The molecular formula is C17H20N6O. The predicted octanol–water partition coefficient (Wildman–Crippen LogP) is 2.16. The first-order chi connectivity index (χ1) is 11.8. The van der Waals surface area contributed by atoms with Gasteiger partial charge in [0.1, 0.15) is 18.0 Å². The van der Waals surface area contributed by atoms with E-state index in [0.717, 1.165) is 42.4 Å². The minimum absolute atomic E-state index is 0.181. The third kappa shape index (κ3) is 2.95. The molecule has 0 aliphatic carbocycles. The molecule has 3 aromatic rings. The molecule has 2 atom stereocenters. The molecule has 24 heavy (non-hydrogen) atoms. The van der Waals surface area contributed by atoms with E-state index in [1.54, 1.807) is 13.4 Å². The van der Waals surface area contributed by atoms with E-state index in [2.05, 4.69) is 42.2 Å². The van der Waals surface area contributed by atoms with E-state index >= 15 is 0 Å². The fourth-order valence-electron chi connectivity index (χ4n) is 3.27. The molecule has 0 saturated carbocycles. The highest BCUT2D eigenvalue weighted by Gasteiger charge is 2.35. The Morgan fingerprint density at radius 2 is 2.12 bits per heavy atom. The first-order valence-corrected chi connectivity index (χ1v) is 8.05. The van der Waals surface area contributed by atoms with E-state index in [9.17, 15) is 0 Å². The van der Waals surface area contributed by atoms with Crippen LogP contribution in [0.4, 0.5) is 0 Å². The first kappa shape index (κ1) is 15.0. The van der Waals surface area contributed by atoms with E-state index in [4.69, 9.17) is 4.74 Å². The molecule has 2 aromatic heterocycles. The zero-order valence-electron chi connectivity index (χ0n) is 13.5. The van der Waals surface area contributed by atoms with Crippen LogP contribution in [0.2, 0.25) is 0 Å². The van der Waals surface area contributed by atoms with Gasteiger partial charge in [0.15, 0.2) is 0 Å². The lowest BCUT2D eigenvalue weighted by Gasteiger charge is -2.21. The average Bonchev–Trinajstić information content (AvgIpc) is 3.36. The lowest BCUT2D eigenvalue weighted by molar-refractivity contribution is 0.107. The van der Waals surface area contributed by atoms with Gasteiger partial charge in [0, 0.05) is 37.7 Å². The third-order valence-electron chi connectivity index (χ3n) is 4.50. The molecule has 0 bridgehead atoms. The van der Waals surface area contributed by atoms with Crippen molar-refractivity contribution in [3.8, 4) is 11.4 Å². The Kier molecular flexibility index (Phi) is 4.10. The number of aromatic amines is 2. The van der Waals surface area contributed by atoms with Gasteiger partial charge in [-0.05, 0) is 6.42 Å². The second-order valence-corrected chi connectivity index (χ2v) is 6.03. The molecule has 124 valence electrons. The van der Waals surface area contributed by atoms with Gasteiger partial charge >= 0.3 is 0 Å². The maximum absolute atomic E-state index is 5.55. The summed E-state index contributed by atoms with van der Waals surface area (Å²) in [6.07, 6.45) is 4.57. The van der Waals surface area contributed by atoms with Crippen LogP contribution in [0.25, 0.3) is 11.4 Å². The van der Waals surface area contributed by atoms with Crippen molar-refractivity contribution < 1.29 is 4.74 Å². The van der Waals surface area contributed by atoms with Crippen LogP contribution >= 0.6 is 0 Å². The van der Waals surface area contributed by atoms with Crippen molar-refractivity contribution >= 4 is 0 Å². The van der Waals surface area contributed by atoms with Crippen molar-refractivity contribution in [3.05, 3.63) is 54.4 Å². The second-order valence-electron chi connectivity index (χ2n) is 6.03. The summed E-state index contributed by atoms with van der Waals surface area (Å²) in [4.78, 5) is 14.6. The van der Waals surface area contributed by atoms with Gasteiger partial charge < -0.3 is 9.72 Å². The molecule has 1 aliphatic heterocycles. The summed E-state index contributed by atoms with van der Waals surface area (Å²) in [7, 11) is 1.76. The highest BCUT2D eigenvalue weighted by molar-refractivity contribution is 5.54. The molecule has 0 spiro atoms. The number of ether oxygens (including phenoxy) is 1. The Morgan fingerprint density at radius 1 is 1.25 bits per heavy atom. The van der Waals surface area contributed by atoms with Crippen molar-refractivity contribution in [1.82, 2.24) is 30.0 Å². The van der Waals surface area contributed by atoms with Gasteiger partial charge in [0.2, 0.25) is 0 Å². The van der Waals surface area contributed by atoms with Crippen LogP contribution in [0.1, 0.15) is 24.0 Å². The molecule has 1 saturated heterocycles. The van der Waals surface area contributed by atoms with Crippen LogP contribution in [0, 0.1) is 0 Å². The van der Waals surface area contributed by atoms with E-state index in [1.807, 2.05) is 24.4 Å². The standard InChI is InChI=1S/C17H20N6O/c1-24-14-7-15(17-19-11-20-22-17)23(10-14)9-13-8-18-16(21-13)12-5-3-2-4-6-12/h2-6,8,11,14-15H,7,9-10H2,1H3,(H,18,21)(H,19,20,22)/t14-,15+/m1/s1. The highest BCUT2D eigenvalue weighted by atomic mass is 16.5. The largest absolute Gasteiger partial charge is 0.380 e. The molecule has 4 rings (SSSR count). The number of rotatable bonds is 5. The van der Waals surface area contributed by atoms with Crippen molar-refractivity contribution in [2.45, 2.75) is 25.1 Å². The Labute approximate surface area is 140 Å². The van der Waals surface area contributed by atoms with Gasteiger partial charge in [0.25, 0.3) is 0 Å². The van der Waals surface area contributed by atoms with Crippen LogP contribution in [0.3, 0.4) is 0 Å². The molecule has 7 heteroatoms. The van der Waals surface area contributed by atoms with Crippen molar-refractivity contribution in [3.63, 3.8) is 0 Å². The number of aromatic nitrogens is 5. The molecule has 7 nitrogen and oxygen atoms in total. The van der Waals surface area contributed by atoms with E-state index < -0.39 is 0 Å². The van der Waals surface area contributed by atoms with Gasteiger partial charge in [-0.2, -0.15) is 5.10 Å². The Balaban J connectivity index is 1.52. The smallest absolute Gasteiger partial charge is 0.141 e. The fraction of sp³-hybridized carbons (Fsp3) is 0.353. The zero-order valence-corrected chi connectivity index (χ0v) is 13.5. The van der Waals surface area contributed by atoms with Gasteiger partial charge in [-0.3, -0.25) is 10.00 Å². The Hall–Kier alpha value is -2.51. The van der Waals surface area contributed by atoms with Gasteiger partial charge in [-0.25, -0.2) is 9.97 Å². The maximum atomic E-state index is 5.55. The van der Waals surface area contributed by atoms with Crippen LogP contribution in [0.15, 0.2) is 42.9 Å². The summed E-state index contributed by atoms with van der Waals surface area (Å²) in [5.74, 6) is 1.78. The highest BCUT2D eigenvalue weighted by Crippen LogP contribution is 2.32. The summed E-state index contributed by atoms with van der Waals surface area (Å²) in [5, 5.41) is 6.97. The zero-order chi connectivity index (χ0) is 16.4. The monoisotopic (exact) mass is 324 g/mol. The number of nitrogens with one attached hydrogen (secondary N) is 2. The van der Waals surface area contributed by atoms with Crippen LogP contribution in [-0.2, 0) is 11.3 Å². The van der Waals surface area contributed by atoms with Crippen molar-refractivity contribution in [2.75, 3.05) is 13.7 Å². The molecular weight excluding hydrogens is 304 g/mol. The summed E-state index contributed by atoms with van der Waals surface area (Å²) in [6.45, 7) is 1.63. The second kappa shape index (κ2) is 6.54. The molecule has 1 fully saturated rings. The number of hydrogen-bond donors (Lipinski definition) is 2. The SMILES string of the molecule is CO[C@@H]1C[C@@H](c2ncn[nH]2)N(Cc2cnc(-c3ccccc3)[nH]2)C1. The number of H-pyrrole nitrogens is 2. The minimum Gasteiger partial charge on any atom is -0.380 e. The molecule has 2 N–H and O–H groups in total. The predicted molar refractivity (Wildman–Crippen MR) is 89.0 cm³/mol. The van der Waals surface area contributed by atoms with Gasteiger partial charge in [-0.1, -0.05) is 30.3 Å². The average molecular weight is 324 g/mol. The minimum atomic E-state index is 0.181. The van der Waals surface area contributed by atoms with Gasteiger partial charge in [-0.15, -0.1) is 0 Å². The topological polar surface area (TPSA) is 82.7 Å². The third-order valence-corrected chi connectivity index (χ3v) is 4.50. The number of imidazole rings is 1. The lowest BCUT2D eigenvalue weighted by Crippen LogP contribution is -2.25. The van der Waals surface area contributed by atoms with Crippen molar-refractivity contribution in [2.24, 2.45) is 0 Å². The fourth-order valence-corrected chi connectivity index (χ4v) is 3.27. The number of benzene rings is 1. The Bertz CT molecular complexity index is 770. The van der Waals surface area contributed by atoms with Crippen LogP contribution < -0.4 is 0 Å². The molecule has 0 radical (unpaired) electrons. The summed E-state index contributed by atoms with van der Waals surface area (Å²) in [5.41, 5.74) is 2.17. The summed E-state index contributed by atoms with van der Waals surface area (Å²) in [6, 6.07) is 10.3. The molecule has 1 aromatic carbocycles. The molecule has 1 aliphatic rings. The van der Waals surface area contributed by atoms with Crippen LogP contribution in [-0.4, -0.2) is 49.8 Å². The van der Waals surface area contributed by atoms with Crippen molar-refractivity contribution in [1.29, 1.82) is 0 Å². The number of nitrogens with zero attached hydrogens (tertiary/aromatic N) is 4. The van der Waals surface area contributed by atoms with E-state index in [-0.39, 0.29) is 12.1 Å². The van der Waals surface area contributed by atoms with Crippen LogP contribution in [0.5, 0.6) is 0 Å². The normalized spacial score (nSPS) is 21.4. The van der Waals surface area contributed by atoms with Gasteiger partial charge in [0.05, 0.1) is 12.1 Å². The molecule has 3 heterocycles. The summed E-state index contributed by atoms with van der Waals surface area (Å²) < 4.78 is 5.55.